The highest BCUT2D eigenvalue weighted by Gasteiger charge is 2.31. The molecule has 1 atom stereocenters. The van der Waals surface area contributed by atoms with Crippen LogP contribution < -0.4 is 15.5 Å². The van der Waals surface area contributed by atoms with Gasteiger partial charge in [0.1, 0.15) is 23.8 Å². The molecular weight excluding hydrogens is 470 g/mol. The van der Waals surface area contributed by atoms with Gasteiger partial charge >= 0.3 is 0 Å². The van der Waals surface area contributed by atoms with Gasteiger partial charge in [-0.05, 0) is 67.5 Å². The van der Waals surface area contributed by atoms with Gasteiger partial charge in [0, 0.05) is 37.5 Å². The zero-order valence-corrected chi connectivity index (χ0v) is 20.7. The predicted molar refractivity (Wildman–Crippen MR) is 132 cm³/mol. The van der Waals surface area contributed by atoms with Crippen LogP contribution in [0.25, 0.3) is 0 Å². The van der Waals surface area contributed by atoms with E-state index in [-0.39, 0.29) is 11.8 Å². The standard InChI is InChI=1S/C23H34BrN7O/c1-3-18(24)28-21(25-8-13-30-9-4-5-10-30)17-6-11-31(12-7-17)23-20-16(2)14-19(32)29-22(20)26-15-27-23/h3,15-17H,4-14H2,1-2H3,(H,25,28)(H,26,27,29,32)/b18-3-/t16-/m1/s1. The van der Waals surface area contributed by atoms with Crippen LogP contribution in [-0.4, -0.2) is 65.9 Å². The van der Waals surface area contributed by atoms with Crippen molar-refractivity contribution in [1.82, 2.24) is 20.2 Å². The van der Waals surface area contributed by atoms with E-state index < -0.39 is 0 Å². The Kier molecular flexibility index (Phi) is 7.78. The third-order valence-corrected chi connectivity index (χ3v) is 7.34. The van der Waals surface area contributed by atoms with Crippen LogP contribution in [0.1, 0.15) is 57.4 Å². The molecule has 4 heterocycles. The number of aliphatic imine (C=N–C) groups is 1. The van der Waals surface area contributed by atoms with E-state index in [1.54, 1.807) is 6.33 Å². The number of piperidine rings is 1. The van der Waals surface area contributed by atoms with Gasteiger partial charge in [-0.2, -0.15) is 0 Å². The Bertz CT molecular complexity index is 873. The number of carbonyl (C=O) groups excluding carboxylic acids is 1. The van der Waals surface area contributed by atoms with Crippen molar-refractivity contribution in [2.24, 2.45) is 10.9 Å². The maximum absolute atomic E-state index is 11.9. The molecule has 2 N–H and O–H groups in total. The molecule has 1 aromatic heterocycles. The number of allylic oxidation sites excluding steroid dienone is 1. The first-order valence-electron chi connectivity index (χ1n) is 11.8. The molecule has 3 aliphatic rings. The number of nitrogens with zero attached hydrogens (tertiary/aromatic N) is 5. The number of likely N-dealkylation sites (tertiary alicyclic amines) is 1. The van der Waals surface area contributed by atoms with E-state index in [9.17, 15) is 4.79 Å². The molecular formula is C23H34BrN7O. The van der Waals surface area contributed by atoms with Crippen molar-refractivity contribution in [2.45, 2.75) is 51.9 Å². The fraction of sp³-hybridized carbons (Fsp3) is 0.652. The molecule has 174 valence electrons. The number of fused-ring (bicyclic) bond motifs is 1. The summed E-state index contributed by atoms with van der Waals surface area (Å²) in [5, 5.41) is 6.41. The van der Waals surface area contributed by atoms with Crippen molar-refractivity contribution in [3.8, 4) is 0 Å². The molecule has 0 aromatic carbocycles. The van der Waals surface area contributed by atoms with E-state index >= 15 is 0 Å². The monoisotopic (exact) mass is 503 g/mol. The summed E-state index contributed by atoms with van der Waals surface area (Å²) in [6, 6.07) is 0. The topological polar surface area (TPSA) is 85.8 Å². The maximum atomic E-state index is 11.9. The van der Waals surface area contributed by atoms with E-state index in [0.29, 0.717) is 18.2 Å². The van der Waals surface area contributed by atoms with E-state index in [2.05, 4.69) is 53.3 Å². The van der Waals surface area contributed by atoms with Crippen molar-refractivity contribution >= 4 is 39.3 Å². The first kappa shape index (κ1) is 23.2. The lowest BCUT2D eigenvalue weighted by Crippen LogP contribution is -2.41. The number of nitrogens with one attached hydrogen (secondary N) is 2. The van der Waals surface area contributed by atoms with Crippen molar-refractivity contribution in [2.75, 3.05) is 49.5 Å². The van der Waals surface area contributed by atoms with Crippen LogP contribution in [0, 0.1) is 5.92 Å². The molecule has 2 fully saturated rings. The van der Waals surface area contributed by atoms with Gasteiger partial charge in [-0.15, -0.1) is 0 Å². The molecule has 0 bridgehead atoms. The van der Waals surface area contributed by atoms with Gasteiger partial charge < -0.3 is 20.4 Å². The summed E-state index contributed by atoms with van der Waals surface area (Å²) < 4.78 is 0.967. The predicted octanol–water partition coefficient (Wildman–Crippen LogP) is 3.48. The van der Waals surface area contributed by atoms with E-state index in [4.69, 9.17) is 4.99 Å². The normalized spacial score (nSPS) is 23.3. The highest BCUT2D eigenvalue weighted by atomic mass is 79.9. The Morgan fingerprint density at radius 2 is 2.03 bits per heavy atom. The molecule has 3 aliphatic heterocycles. The third-order valence-electron chi connectivity index (χ3n) is 6.68. The minimum absolute atomic E-state index is 0.0313. The average Bonchev–Trinajstić information content (AvgIpc) is 3.31. The Morgan fingerprint density at radius 3 is 2.75 bits per heavy atom. The molecule has 4 rings (SSSR count). The second-order valence-corrected chi connectivity index (χ2v) is 9.81. The Morgan fingerprint density at radius 1 is 1.28 bits per heavy atom. The summed E-state index contributed by atoms with van der Waals surface area (Å²) >= 11 is 3.60. The fourth-order valence-electron chi connectivity index (χ4n) is 4.90. The molecule has 0 radical (unpaired) electrons. The first-order valence-corrected chi connectivity index (χ1v) is 12.6. The van der Waals surface area contributed by atoms with Gasteiger partial charge in [0.2, 0.25) is 5.91 Å². The van der Waals surface area contributed by atoms with Crippen molar-refractivity contribution in [3.63, 3.8) is 0 Å². The van der Waals surface area contributed by atoms with Crippen LogP contribution in [-0.2, 0) is 4.79 Å². The molecule has 9 heteroatoms. The van der Waals surface area contributed by atoms with E-state index in [1.165, 1.54) is 25.9 Å². The molecule has 0 unspecified atom stereocenters. The Labute approximate surface area is 199 Å². The second kappa shape index (κ2) is 10.7. The SMILES string of the molecule is C/C=C(/Br)NC(=NCCN1CCCC1)C1CCN(c2ncnc3c2[C@H](C)CC(=O)N3)CC1. The smallest absolute Gasteiger partial charge is 0.226 e. The van der Waals surface area contributed by atoms with Crippen LogP contribution in [0.5, 0.6) is 0 Å². The van der Waals surface area contributed by atoms with E-state index in [0.717, 1.165) is 60.8 Å². The van der Waals surface area contributed by atoms with Crippen LogP contribution in [0.4, 0.5) is 11.6 Å². The molecule has 1 amide bonds. The molecule has 32 heavy (non-hydrogen) atoms. The molecule has 0 aliphatic carbocycles. The number of anilines is 2. The lowest BCUT2D eigenvalue weighted by atomic mass is 9.92. The van der Waals surface area contributed by atoms with Crippen LogP contribution in [0.15, 0.2) is 22.0 Å². The molecule has 2 saturated heterocycles. The Hall–Kier alpha value is -2.00. The average molecular weight is 504 g/mol. The molecule has 1 aromatic rings. The minimum atomic E-state index is 0.0313. The van der Waals surface area contributed by atoms with Gasteiger partial charge in [-0.25, -0.2) is 9.97 Å². The summed E-state index contributed by atoms with van der Waals surface area (Å²) in [6.07, 6.45) is 8.72. The highest BCUT2D eigenvalue weighted by molar-refractivity contribution is 9.11. The van der Waals surface area contributed by atoms with Gasteiger partial charge in [0.15, 0.2) is 0 Å². The number of carbonyl (C=O) groups is 1. The van der Waals surface area contributed by atoms with Crippen LogP contribution >= 0.6 is 15.9 Å². The van der Waals surface area contributed by atoms with Crippen molar-refractivity contribution < 1.29 is 4.79 Å². The number of rotatable bonds is 6. The quantitative estimate of drug-likeness (QED) is 0.351. The maximum Gasteiger partial charge on any atom is 0.226 e. The number of hydrogen-bond donors (Lipinski definition) is 2. The summed E-state index contributed by atoms with van der Waals surface area (Å²) in [6.45, 7) is 10.2. The van der Waals surface area contributed by atoms with Crippen molar-refractivity contribution in [3.05, 3.63) is 22.6 Å². The van der Waals surface area contributed by atoms with Crippen LogP contribution in [0.2, 0.25) is 0 Å². The molecule has 0 spiro atoms. The number of amides is 1. The lowest BCUT2D eigenvalue weighted by molar-refractivity contribution is -0.116. The zero-order valence-electron chi connectivity index (χ0n) is 19.1. The zero-order chi connectivity index (χ0) is 22.5. The number of aromatic nitrogens is 2. The van der Waals surface area contributed by atoms with Gasteiger partial charge in [0.05, 0.1) is 11.2 Å². The summed E-state index contributed by atoms with van der Waals surface area (Å²) in [5.41, 5.74) is 1.07. The van der Waals surface area contributed by atoms with Gasteiger partial charge in [-0.3, -0.25) is 9.79 Å². The number of amidine groups is 1. The highest BCUT2D eigenvalue weighted by Crippen LogP contribution is 2.37. The van der Waals surface area contributed by atoms with Gasteiger partial charge in [0.25, 0.3) is 0 Å². The summed E-state index contributed by atoms with van der Waals surface area (Å²) in [7, 11) is 0. The fourth-order valence-corrected chi connectivity index (χ4v) is 5.11. The largest absolute Gasteiger partial charge is 0.356 e. The van der Waals surface area contributed by atoms with Crippen molar-refractivity contribution in [1.29, 1.82) is 0 Å². The lowest BCUT2D eigenvalue weighted by Gasteiger charge is -2.36. The third kappa shape index (κ3) is 5.49. The molecule has 8 nitrogen and oxygen atoms in total. The Balaban J connectivity index is 1.42. The second-order valence-electron chi connectivity index (χ2n) is 8.95. The molecule has 0 saturated carbocycles. The van der Waals surface area contributed by atoms with Crippen LogP contribution in [0.3, 0.4) is 0 Å². The number of halogens is 1. The summed E-state index contributed by atoms with van der Waals surface area (Å²) in [4.78, 5) is 30.7. The van der Waals surface area contributed by atoms with E-state index in [1.807, 2.05) is 13.0 Å². The minimum Gasteiger partial charge on any atom is -0.356 e. The number of hydrogen-bond acceptors (Lipinski definition) is 6. The first-order chi connectivity index (χ1) is 15.5. The summed E-state index contributed by atoms with van der Waals surface area (Å²) in [5.74, 6) is 3.28. The van der Waals surface area contributed by atoms with Gasteiger partial charge in [-0.1, -0.05) is 13.0 Å².